The van der Waals surface area contributed by atoms with Gasteiger partial charge in [-0.05, 0) is 173 Å². The minimum Gasteiger partial charge on any atom is -0.456 e. The van der Waals surface area contributed by atoms with Gasteiger partial charge in [0.25, 0.3) is 47.3 Å². The van der Waals surface area contributed by atoms with Gasteiger partial charge in [0.05, 0.1) is 74.6 Å². The fourth-order valence-electron chi connectivity index (χ4n) is 12.0. The van der Waals surface area contributed by atoms with Gasteiger partial charge in [-0.3, -0.25) is 76.7 Å². The lowest BCUT2D eigenvalue weighted by molar-refractivity contribution is -0.152. The summed E-state index contributed by atoms with van der Waals surface area (Å²) in [7, 11) is 0. The van der Waals surface area contributed by atoms with Crippen molar-refractivity contribution in [3.63, 3.8) is 0 Å². The standard InChI is InChI=1S/3C24H30N4O6S2.C23H29N5O6S2/c1-5-18-22(31)26-14(2)24(33)34-17(8-6-7-11-36-15(3)29)12-20(30)25-13-16-9-10-19(35-4)21(27-16)23(32)28-18;1-5-17-22(31)26-14(2)24(33)34-16(8-6-7-11-36-15(3)29)12-21(30)25-13-19-20(35-4)10-9-18(27-19)23(32)28-17;1-5-19-22(31)26-14(2)24(33)34-17(8-6-7-9-36-15(3)29)11-21(30)25-13-16-10-18(35-4)12-20(27-16)23(32)28-19;1-5-17-21(31)25-13(2)23(33)34-16(8-6-7-9-36-14(3)29)11-18(30)24-12-15-10-19(35-4)28-20(26-15)22(32)27-17/h5-6,8-10,14,17H,7,11-13H2,1-4H3,(H,25,30)(H,26,31)(H,28,32);5-6,8-10,14,16H,7,11-13H2,1-4H3,(H,25,30)(H,26,31)(H,28,32);5-6,8,10,12,14,17H,7,9,11,13H2,1-4H3,(H,25,30)(H,26,31)(H,28,32);5-6,8,10,13,16H,7,9,11-12H2,1-4H3,(H,24,30)(H,25,31)(H,27,32)/b8-6+,18-5-;8-6+,17-5-;8-6+,19-5-;8-6+,17-5-/t14-,17+;14-,16+;14-,17+;13-,16+/m0000/s1. The molecule has 0 spiro atoms. The van der Waals surface area contributed by atoms with Crippen molar-refractivity contribution >= 4 is 209 Å². The van der Waals surface area contributed by atoms with Crippen LogP contribution < -0.4 is 63.8 Å². The van der Waals surface area contributed by atoms with Gasteiger partial charge in [0.2, 0.25) is 29.5 Å². The molecule has 12 N–H and O–H groups in total. The molecule has 8 rings (SSSR count). The Labute approximate surface area is 867 Å². The summed E-state index contributed by atoms with van der Waals surface area (Å²) in [5, 5.41) is 31.5. The number of nitrogens with zero attached hydrogens (tertiary/aromatic N) is 5. The molecule has 8 bridgehead atoms. The first kappa shape index (κ1) is 122. The van der Waals surface area contributed by atoms with Crippen molar-refractivity contribution < 1.29 is 115 Å². The van der Waals surface area contributed by atoms with E-state index in [2.05, 4.69) is 88.7 Å². The van der Waals surface area contributed by atoms with E-state index in [1.807, 2.05) is 12.5 Å². The molecule has 4 aromatic heterocycles. The number of fused-ring (bicyclic) bond motifs is 8. The third-order valence-corrected chi connectivity index (χ3v) is 25.7. The molecule has 4 aromatic rings. The molecular formula is C95H119N17O24S8. The topological polar surface area (TPSA) is 587 Å². The molecule has 0 saturated heterocycles. The number of aromatic nitrogens is 5. The van der Waals surface area contributed by atoms with E-state index >= 15 is 0 Å². The normalized spacial score (nSPS) is 21.1. The summed E-state index contributed by atoms with van der Waals surface area (Å²) in [6.45, 7) is 18.2. The summed E-state index contributed by atoms with van der Waals surface area (Å²) in [5.41, 5.74) is 1.85. The van der Waals surface area contributed by atoms with E-state index in [4.69, 9.17) is 18.9 Å². The summed E-state index contributed by atoms with van der Waals surface area (Å²) in [5.74, 6) is -7.72. The Morgan fingerprint density at radius 1 is 0.347 bits per heavy atom. The lowest BCUT2D eigenvalue weighted by atomic mass is 10.2. The van der Waals surface area contributed by atoms with E-state index in [1.165, 1.54) is 180 Å². The fourth-order valence-corrected chi connectivity index (χ4v) is 16.2. The maximum Gasteiger partial charge on any atom is 0.328 e. The van der Waals surface area contributed by atoms with Crippen LogP contribution in [0.25, 0.3) is 0 Å². The number of hydrogen-bond acceptors (Lipinski definition) is 37. The third-order valence-electron chi connectivity index (χ3n) is 19.4. The molecule has 0 saturated carbocycles. The molecule has 0 aromatic carbocycles. The molecule has 144 heavy (non-hydrogen) atoms. The van der Waals surface area contributed by atoms with Crippen LogP contribution in [0.4, 0.5) is 0 Å². The van der Waals surface area contributed by atoms with Crippen molar-refractivity contribution in [1.82, 2.24) is 88.7 Å². The van der Waals surface area contributed by atoms with Crippen LogP contribution in [-0.4, -0.2) is 237 Å². The Morgan fingerprint density at radius 2 is 0.681 bits per heavy atom. The van der Waals surface area contributed by atoms with Crippen LogP contribution in [0.2, 0.25) is 0 Å². The molecule has 8 atom stereocenters. The van der Waals surface area contributed by atoms with Gasteiger partial charge in [-0.2, -0.15) is 0 Å². The summed E-state index contributed by atoms with van der Waals surface area (Å²) >= 11 is 10.1. The molecule has 12 amide bonds. The van der Waals surface area contributed by atoms with Crippen LogP contribution in [0.15, 0.2) is 158 Å². The number of nitrogens with one attached hydrogen (secondary N) is 12. The van der Waals surface area contributed by atoms with Crippen molar-refractivity contribution in [2.24, 2.45) is 0 Å². The largest absolute Gasteiger partial charge is 0.456 e. The number of carbonyl (C=O) groups is 20. The van der Waals surface area contributed by atoms with Gasteiger partial charge >= 0.3 is 23.9 Å². The van der Waals surface area contributed by atoms with E-state index in [9.17, 15) is 95.9 Å². The minimum atomic E-state index is -1.06. The Bertz CT molecular complexity index is 5460. The average molecular weight is 2140 g/mol. The predicted octanol–water partition coefficient (Wildman–Crippen LogP) is 7.79. The predicted molar refractivity (Wildman–Crippen MR) is 550 cm³/mol. The van der Waals surface area contributed by atoms with Crippen LogP contribution in [0, 0.1) is 0 Å². The second kappa shape index (κ2) is 65.0. The maximum atomic E-state index is 12.9. The molecule has 8 heterocycles. The van der Waals surface area contributed by atoms with E-state index in [-0.39, 0.29) is 124 Å². The lowest BCUT2D eigenvalue weighted by Gasteiger charge is -2.20. The maximum absolute atomic E-state index is 12.9. The lowest BCUT2D eigenvalue weighted by Crippen LogP contribution is -2.44. The van der Waals surface area contributed by atoms with Gasteiger partial charge in [-0.1, -0.05) is 95.7 Å². The number of pyridine rings is 3. The summed E-state index contributed by atoms with van der Waals surface area (Å²) in [4.78, 5) is 271. The molecule has 0 radical (unpaired) electrons. The number of ether oxygens (including phenoxy) is 4. The molecule has 4 aliphatic rings. The van der Waals surface area contributed by atoms with E-state index in [0.717, 1.165) is 9.79 Å². The molecule has 4 aliphatic heterocycles. The zero-order valence-corrected chi connectivity index (χ0v) is 88.7. The van der Waals surface area contributed by atoms with E-state index < -0.39 is 137 Å². The van der Waals surface area contributed by atoms with Gasteiger partial charge in [-0.15, -0.1) is 47.0 Å². The number of amides is 12. The van der Waals surface area contributed by atoms with E-state index in [0.29, 0.717) is 81.4 Å². The number of allylic oxidation sites excluding steroid dienone is 8. The number of thioether (sulfide) groups is 8. The molecule has 776 valence electrons. The number of hydrogen-bond donors (Lipinski definition) is 12. The van der Waals surface area contributed by atoms with Crippen molar-refractivity contribution in [3.05, 3.63) is 184 Å². The van der Waals surface area contributed by atoms with Gasteiger partial charge in [0.15, 0.2) is 20.5 Å². The third kappa shape index (κ3) is 45.2. The van der Waals surface area contributed by atoms with Crippen molar-refractivity contribution in [2.75, 3.05) is 48.0 Å². The van der Waals surface area contributed by atoms with Gasteiger partial charge in [0.1, 0.15) is 93.5 Å². The molecule has 0 fully saturated rings. The number of rotatable bonds is 20. The Morgan fingerprint density at radius 3 is 1.03 bits per heavy atom. The van der Waals surface area contributed by atoms with Gasteiger partial charge < -0.3 is 82.7 Å². The summed E-state index contributed by atoms with van der Waals surface area (Å²) < 4.78 is 21.9. The molecular weight excluding hydrogens is 2020 g/mol. The first-order valence-corrected chi connectivity index (χ1v) is 53.7. The molecule has 0 unspecified atom stereocenters. The zero-order valence-electron chi connectivity index (χ0n) is 82.2. The van der Waals surface area contributed by atoms with Crippen molar-refractivity contribution in [2.45, 2.75) is 229 Å². The number of esters is 4. The second-order valence-electron chi connectivity index (χ2n) is 30.8. The molecule has 49 heteroatoms. The van der Waals surface area contributed by atoms with Crippen molar-refractivity contribution in [1.29, 1.82) is 0 Å². The van der Waals surface area contributed by atoms with Crippen LogP contribution in [0.5, 0.6) is 0 Å². The van der Waals surface area contributed by atoms with Crippen molar-refractivity contribution in [3.8, 4) is 0 Å². The first-order valence-electron chi connectivity index (χ1n) is 44.8. The molecule has 0 aliphatic carbocycles. The van der Waals surface area contributed by atoms with Crippen LogP contribution in [-0.2, 0) is 122 Å². The Kier molecular flexibility index (Phi) is 55.0. The monoisotopic (exact) mass is 2140 g/mol. The highest BCUT2D eigenvalue weighted by Crippen LogP contribution is 2.25. The average Bonchev–Trinajstić information content (AvgIpc) is 0.819. The van der Waals surface area contributed by atoms with Gasteiger partial charge in [-0.25, -0.2) is 44.1 Å². The van der Waals surface area contributed by atoms with Crippen LogP contribution >= 0.6 is 94.1 Å². The zero-order chi connectivity index (χ0) is 107. The van der Waals surface area contributed by atoms with Gasteiger partial charge in [0, 0.05) is 65.4 Å². The van der Waals surface area contributed by atoms with Crippen LogP contribution in [0.3, 0.4) is 0 Å². The fraction of sp³-hybridized carbons (Fsp3) is 0.421. The highest BCUT2D eigenvalue weighted by Gasteiger charge is 2.32. The SMILES string of the molecule is C/C=C1\NC(=O)c2cc(SC)cc(n2)CNC(=O)C[C@@H](/C=C/CCSC(C)=O)OC(=O)[C@H](C)NC1=O.C/C=C1\NC(=O)c2ccc(SC)c(n2)CNC(=O)C[C@@H](/C=C/CCSC(C)=O)OC(=O)[C@H](C)NC1=O.C/C=C1\NC(=O)c2nc(cc(SC)n2)CNC(=O)C[C@@H](/C=C/CCSC(C)=O)OC(=O)[C@H](C)NC1=O.C/C=C1\NC(=O)c2nc(ccc2SC)CNC(=O)C[C@@H](/C=C/CCSC(C)=O)OC(=O)[C@H](C)NC1=O. The molecule has 41 nitrogen and oxygen atoms in total. The first-order chi connectivity index (χ1) is 68.5. The quantitative estimate of drug-likeness (QED) is 0.00763. The highest BCUT2D eigenvalue weighted by atomic mass is 32.2. The number of carbonyl (C=O) groups excluding carboxylic acids is 20. The highest BCUT2D eigenvalue weighted by molar-refractivity contribution is 8.14. The van der Waals surface area contributed by atoms with Crippen LogP contribution in [0.1, 0.15) is 199 Å². The Balaban J connectivity index is 0.000000338. The summed E-state index contributed by atoms with van der Waals surface area (Å²) in [6.07, 6.45) is 24.2. The second-order valence-corrected chi connectivity index (χ2v) is 39.3. The van der Waals surface area contributed by atoms with E-state index in [1.54, 1.807) is 125 Å². The smallest absolute Gasteiger partial charge is 0.328 e. The summed E-state index contributed by atoms with van der Waals surface area (Å²) in [6, 6.07) is 7.45. The Hall–Kier alpha value is -12.6. The minimum absolute atomic E-state index is 0.00215. The number of cyclic esters (lactones) is 4.